The number of thiocarbonyl (C=S) groups is 1. The summed E-state index contributed by atoms with van der Waals surface area (Å²) < 4.78 is 4.74. The highest BCUT2D eigenvalue weighted by molar-refractivity contribution is 7.80. The van der Waals surface area contributed by atoms with Crippen LogP contribution >= 0.6 is 23.8 Å². The summed E-state index contributed by atoms with van der Waals surface area (Å²) in [6.07, 6.45) is 2.05. The number of ether oxygens (including phenoxy) is 1. The van der Waals surface area contributed by atoms with Gasteiger partial charge in [0.25, 0.3) is 0 Å². The molecule has 0 amide bonds. The van der Waals surface area contributed by atoms with Crippen molar-refractivity contribution in [2.24, 2.45) is 0 Å². The van der Waals surface area contributed by atoms with Crippen LogP contribution < -0.4 is 15.5 Å². The van der Waals surface area contributed by atoms with E-state index in [1.165, 1.54) is 18.4 Å². The van der Waals surface area contributed by atoms with Gasteiger partial charge in [-0.3, -0.25) is 0 Å². The van der Waals surface area contributed by atoms with E-state index < -0.39 is 5.97 Å². The molecule has 0 spiro atoms. The molecule has 1 heterocycles. The zero-order chi connectivity index (χ0) is 20.1. The van der Waals surface area contributed by atoms with Crippen molar-refractivity contribution < 1.29 is 9.53 Å². The highest BCUT2D eigenvalue weighted by Crippen LogP contribution is 2.31. The van der Waals surface area contributed by atoms with Crippen molar-refractivity contribution in [3.05, 3.63) is 58.6 Å². The molecular formula is C21H24ClN3O2S. The van der Waals surface area contributed by atoms with E-state index in [0.717, 1.165) is 25.9 Å². The van der Waals surface area contributed by atoms with Crippen LogP contribution in [0.25, 0.3) is 0 Å². The third-order valence-corrected chi connectivity index (χ3v) is 5.42. The predicted molar refractivity (Wildman–Crippen MR) is 119 cm³/mol. The highest BCUT2D eigenvalue weighted by atomic mass is 35.5. The van der Waals surface area contributed by atoms with Crippen molar-refractivity contribution in [1.29, 1.82) is 0 Å². The molecule has 2 aromatic carbocycles. The predicted octanol–water partition coefficient (Wildman–Crippen LogP) is 4.25. The molecule has 0 fully saturated rings. The number of carbonyl (C=O) groups excluding carboxylic acids is 1. The molecular weight excluding hydrogens is 394 g/mol. The van der Waals surface area contributed by atoms with E-state index in [9.17, 15) is 4.79 Å². The second-order valence-electron chi connectivity index (χ2n) is 6.80. The second kappa shape index (κ2) is 9.26. The van der Waals surface area contributed by atoms with Gasteiger partial charge in [-0.05, 0) is 61.8 Å². The summed E-state index contributed by atoms with van der Waals surface area (Å²) in [6.45, 7) is 3.97. The number of benzene rings is 2. The van der Waals surface area contributed by atoms with Crippen LogP contribution in [0.2, 0.25) is 5.02 Å². The van der Waals surface area contributed by atoms with Gasteiger partial charge in [0, 0.05) is 24.8 Å². The fourth-order valence-electron chi connectivity index (χ4n) is 3.45. The lowest BCUT2D eigenvalue weighted by Crippen LogP contribution is -2.34. The van der Waals surface area contributed by atoms with Crippen LogP contribution in [0.1, 0.15) is 29.3 Å². The molecule has 2 N–H and O–H groups in total. The van der Waals surface area contributed by atoms with E-state index >= 15 is 0 Å². The summed E-state index contributed by atoms with van der Waals surface area (Å²) >= 11 is 11.5. The molecule has 0 unspecified atom stereocenters. The van der Waals surface area contributed by atoms with E-state index in [-0.39, 0.29) is 0 Å². The summed E-state index contributed by atoms with van der Waals surface area (Å²) in [5.74, 6) is -0.418. The van der Waals surface area contributed by atoms with E-state index in [0.29, 0.717) is 27.4 Å². The average Bonchev–Trinajstić information content (AvgIpc) is 3.01. The minimum Gasteiger partial charge on any atom is -0.465 e. The molecule has 0 saturated carbocycles. The van der Waals surface area contributed by atoms with Gasteiger partial charge in [0.2, 0.25) is 0 Å². The number of fused-ring (bicyclic) bond motifs is 1. The summed E-state index contributed by atoms with van der Waals surface area (Å²) in [6, 6.07) is 14.0. The molecule has 2 aromatic rings. The minimum atomic E-state index is -0.418. The van der Waals surface area contributed by atoms with Crippen LogP contribution in [0.4, 0.5) is 11.4 Å². The Hall–Kier alpha value is -2.31. The van der Waals surface area contributed by atoms with Crippen LogP contribution in [-0.4, -0.2) is 37.3 Å². The van der Waals surface area contributed by atoms with Crippen LogP contribution in [0.15, 0.2) is 42.5 Å². The number of rotatable bonds is 6. The Morgan fingerprint density at radius 3 is 2.89 bits per heavy atom. The van der Waals surface area contributed by atoms with Crippen LogP contribution in [0.5, 0.6) is 0 Å². The van der Waals surface area contributed by atoms with Gasteiger partial charge in [0.05, 0.1) is 23.4 Å². The van der Waals surface area contributed by atoms with Gasteiger partial charge in [0.15, 0.2) is 5.11 Å². The fourth-order valence-corrected chi connectivity index (χ4v) is 3.83. The Labute approximate surface area is 176 Å². The number of hydrogen-bond donors (Lipinski definition) is 2. The Kier molecular flexibility index (Phi) is 6.75. The average molecular weight is 418 g/mol. The largest absolute Gasteiger partial charge is 0.465 e. The van der Waals surface area contributed by atoms with Gasteiger partial charge in [-0.25, -0.2) is 4.79 Å². The molecule has 1 aliphatic rings. The van der Waals surface area contributed by atoms with Crippen LogP contribution in [0, 0.1) is 0 Å². The third kappa shape index (κ3) is 4.75. The van der Waals surface area contributed by atoms with Crippen molar-refractivity contribution in [3.8, 4) is 0 Å². The summed E-state index contributed by atoms with van der Waals surface area (Å²) in [5.41, 5.74) is 3.74. The first-order valence-corrected chi connectivity index (χ1v) is 10.1. The lowest BCUT2D eigenvalue weighted by molar-refractivity contribution is 0.0601. The second-order valence-corrected chi connectivity index (χ2v) is 7.61. The maximum Gasteiger partial charge on any atom is 0.337 e. The third-order valence-electron chi connectivity index (χ3n) is 4.85. The number of para-hydroxylation sites is 1. The van der Waals surface area contributed by atoms with E-state index in [1.54, 1.807) is 18.2 Å². The van der Waals surface area contributed by atoms with Crippen LogP contribution in [0.3, 0.4) is 0 Å². The minimum absolute atomic E-state index is 0.416. The Balaban J connectivity index is 1.49. The number of hydrogen-bond acceptors (Lipinski definition) is 4. The van der Waals surface area contributed by atoms with Gasteiger partial charge >= 0.3 is 5.97 Å². The standard InChI is InChI=1S/C21H24ClN3O2S/c1-14-12-15-6-3-4-7-19(15)25(14)11-5-10-23-21(28)24-18-13-16(20(26)27-2)8-9-17(18)22/h3-4,6-9,13-14H,5,10-12H2,1-2H3,(H2,23,24,28)/t14-/m0/s1. The molecule has 0 radical (unpaired) electrons. The first-order valence-electron chi connectivity index (χ1n) is 9.27. The number of nitrogens with zero attached hydrogens (tertiary/aromatic N) is 1. The molecule has 0 bridgehead atoms. The number of nitrogens with one attached hydrogen (secondary N) is 2. The molecule has 28 heavy (non-hydrogen) atoms. The maximum atomic E-state index is 11.7. The summed E-state index contributed by atoms with van der Waals surface area (Å²) in [7, 11) is 1.34. The highest BCUT2D eigenvalue weighted by Gasteiger charge is 2.24. The van der Waals surface area contributed by atoms with Gasteiger partial charge in [-0.15, -0.1) is 0 Å². The fraction of sp³-hybridized carbons (Fsp3) is 0.333. The zero-order valence-electron chi connectivity index (χ0n) is 16.0. The molecule has 1 atom stereocenters. The quantitative estimate of drug-likeness (QED) is 0.416. The molecule has 7 heteroatoms. The van der Waals surface area contributed by atoms with Gasteiger partial charge in [0.1, 0.15) is 0 Å². The van der Waals surface area contributed by atoms with Crippen molar-refractivity contribution in [2.45, 2.75) is 25.8 Å². The summed E-state index contributed by atoms with van der Waals surface area (Å²) in [5, 5.41) is 7.21. The SMILES string of the molecule is COC(=O)c1ccc(Cl)c(NC(=S)NCCCN2c3ccccc3C[C@@H]2C)c1. The molecule has 5 nitrogen and oxygen atoms in total. The van der Waals surface area contributed by atoms with E-state index in [2.05, 4.69) is 46.7 Å². The normalized spacial score (nSPS) is 15.1. The van der Waals surface area contributed by atoms with Crippen LogP contribution in [-0.2, 0) is 11.2 Å². The van der Waals surface area contributed by atoms with Gasteiger partial charge in [-0.1, -0.05) is 29.8 Å². The number of halogens is 1. The Morgan fingerprint density at radius 2 is 2.11 bits per heavy atom. The molecule has 0 aliphatic carbocycles. The van der Waals surface area contributed by atoms with E-state index in [1.807, 2.05) is 0 Å². The molecule has 0 aromatic heterocycles. The first-order chi connectivity index (χ1) is 13.5. The van der Waals surface area contributed by atoms with Crippen molar-refractivity contribution in [3.63, 3.8) is 0 Å². The summed E-state index contributed by atoms with van der Waals surface area (Å²) in [4.78, 5) is 14.1. The molecule has 3 rings (SSSR count). The first kappa shape index (κ1) is 20.4. The number of methoxy groups -OCH3 is 1. The topological polar surface area (TPSA) is 53.6 Å². The maximum absolute atomic E-state index is 11.7. The molecule has 1 aliphatic heterocycles. The zero-order valence-corrected chi connectivity index (χ0v) is 17.6. The van der Waals surface area contributed by atoms with Gasteiger partial charge < -0.3 is 20.3 Å². The molecule has 148 valence electrons. The molecule has 0 saturated heterocycles. The van der Waals surface area contributed by atoms with Crippen molar-refractivity contribution in [2.75, 3.05) is 30.4 Å². The van der Waals surface area contributed by atoms with E-state index in [4.69, 9.17) is 28.6 Å². The number of esters is 1. The van der Waals surface area contributed by atoms with Crippen molar-refractivity contribution >= 4 is 46.3 Å². The Bertz CT molecular complexity index is 874. The number of anilines is 2. The van der Waals surface area contributed by atoms with Crippen molar-refractivity contribution in [1.82, 2.24) is 5.32 Å². The lowest BCUT2D eigenvalue weighted by Gasteiger charge is -2.25. The Morgan fingerprint density at radius 1 is 1.32 bits per heavy atom. The smallest absolute Gasteiger partial charge is 0.337 e. The monoisotopic (exact) mass is 417 g/mol. The van der Waals surface area contributed by atoms with Gasteiger partial charge in [-0.2, -0.15) is 0 Å². The number of carbonyl (C=O) groups is 1. The lowest BCUT2D eigenvalue weighted by atomic mass is 10.1.